The van der Waals surface area contributed by atoms with Crippen LogP contribution in [-0.4, -0.2) is 28.6 Å². The number of rotatable bonds is 5. The summed E-state index contributed by atoms with van der Waals surface area (Å²) in [5.41, 5.74) is 0.365. The van der Waals surface area contributed by atoms with Gasteiger partial charge >= 0.3 is 6.18 Å². The van der Waals surface area contributed by atoms with Crippen molar-refractivity contribution >= 4 is 10.0 Å². The van der Waals surface area contributed by atoms with Crippen LogP contribution in [-0.2, 0) is 22.7 Å². The molecule has 0 amide bonds. The molecule has 0 saturated heterocycles. The van der Waals surface area contributed by atoms with Crippen LogP contribution in [0.2, 0.25) is 0 Å². The van der Waals surface area contributed by atoms with Gasteiger partial charge in [-0.2, -0.15) is 17.9 Å². The topological polar surface area (TPSA) is 89.8 Å². The number of nitrogens with zero attached hydrogens (tertiary/aromatic N) is 4. The molecular formula is C16H14F3N5O2S. The summed E-state index contributed by atoms with van der Waals surface area (Å²) >= 11 is 0. The fraction of sp³-hybridized carbons (Fsp3) is 0.188. The van der Waals surface area contributed by atoms with Gasteiger partial charge in [-0.1, -0.05) is 29.8 Å². The predicted molar refractivity (Wildman–Crippen MR) is 89.4 cm³/mol. The first-order valence-electron chi connectivity index (χ1n) is 7.69. The van der Waals surface area contributed by atoms with Gasteiger partial charge in [0.15, 0.2) is 5.82 Å². The Hall–Kier alpha value is -2.79. The largest absolute Gasteiger partial charge is 0.417 e. The molecule has 0 radical (unpaired) electrons. The van der Waals surface area contributed by atoms with Crippen LogP contribution >= 0.6 is 0 Å². The summed E-state index contributed by atoms with van der Waals surface area (Å²) in [4.78, 5) is -0.855. The van der Waals surface area contributed by atoms with Crippen molar-refractivity contribution in [3.05, 3.63) is 65.5 Å². The van der Waals surface area contributed by atoms with Gasteiger partial charge in [0.1, 0.15) is 0 Å². The molecule has 1 aromatic heterocycles. The van der Waals surface area contributed by atoms with Crippen molar-refractivity contribution in [1.82, 2.24) is 24.9 Å². The number of tetrazole rings is 1. The second-order valence-electron chi connectivity index (χ2n) is 5.66. The molecular weight excluding hydrogens is 383 g/mol. The molecule has 11 heteroatoms. The van der Waals surface area contributed by atoms with E-state index in [0.29, 0.717) is 11.8 Å². The van der Waals surface area contributed by atoms with Crippen molar-refractivity contribution in [2.24, 2.45) is 0 Å². The van der Waals surface area contributed by atoms with Crippen molar-refractivity contribution in [2.75, 3.05) is 0 Å². The highest BCUT2D eigenvalue weighted by Crippen LogP contribution is 2.33. The molecule has 3 rings (SSSR count). The number of nitrogens with one attached hydrogen (secondary N) is 1. The highest BCUT2D eigenvalue weighted by Gasteiger charge is 2.36. The summed E-state index contributed by atoms with van der Waals surface area (Å²) < 4.78 is 67.5. The minimum Gasteiger partial charge on any atom is -0.207 e. The number of alkyl halides is 3. The molecule has 0 fully saturated rings. The van der Waals surface area contributed by atoms with Crippen molar-refractivity contribution in [1.29, 1.82) is 0 Å². The van der Waals surface area contributed by atoms with E-state index in [2.05, 4.69) is 20.2 Å². The first-order valence-corrected chi connectivity index (χ1v) is 9.17. The van der Waals surface area contributed by atoms with Crippen LogP contribution in [0.15, 0.2) is 53.4 Å². The van der Waals surface area contributed by atoms with Crippen LogP contribution in [0.1, 0.15) is 17.0 Å². The van der Waals surface area contributed by atoms with Crippen molar-refractivity contribution in [2.45, 2.75) is 24.5 Å². The third-order valence-corrected chi connectivity index (χ3v) is 5.17. The number of aryl methyl sites for hydroxylation is 1. The van der Waals surface area contributed by atoms with Crippen LogP contribution in [0.25, 0.3) is 5.69 Å². The lowest BCUT2D eigenvalue weighted by Crippen LogP contribution is -2.27. The van der Waals surface area contributed by atoms with Gasteiger partial charge in [0.05, 0.1) is 22.7 Å². The van der Waals surface area contributed by atoms with Gasteiger partial charge in [-0.15, -0.1) is 5.10 Å². The molecule has 0 unspecified atom stereocenters. The third-order valence-electron chi connectivity index (χ3n) is 3.71. The molecule has 0 bridgehead atoms. The number of halogens is 3. The van der Waals surface area contributed by atoms with Gasteiger partial charge in [0.2, 0.25) is 10.0 Å². The van der Waals surface area contributed by atoms with Gasteiger partial charge in [-0.3, -0.25) is 0 Å². The Kier molecular flexibility index (Phi) is 4.98. The van der Waals surface area contributed by atoms with E-state index in [9.17, 15) is 21.6 Å². The fourth-order valence-corrected chi connectivity index (χ4v) is 3.58. The summed E-state index contributed by atoms with van der Waals surface area (Å²) in [7, 11) is -4.43. The Bertz CT molecular complexity index is 1050. The maximum atomic E-state index is 13.1. The number of hydrogen-bond acceptors (Lipinski definition) is 5. The van der Waals surface area contributed by atoms with Gasteiger partial charge < -0.3 is 0 Å². The zero-order chi connectivity index (χ0) is 19.7. The number of sulfonamides is 1. The highest BCUT2D eigenvalue weighted by molar-refractivity contribution is 7.89. The molecule has 2 aromatic carbocycles. The number of aromatic nitrogens is 4. The van der Waals surface area contributed by atoms with Crippen LogP contribution < -0.4 is 4.72 Å². The zero-order valence-electron chi connectivity index (χ0n) is 14.0. The van der Waals surface area contributed by atoms with Crippen LogP contribution in [0.3, 0.4) is 0 Å². The van der Waals surface area contributed by atoms with E-state index in [1.807, 2.05) is 19.1 Å². The van der Waals surface area contributed by atoms with Crippen molar-refractivity contribution < 1.29 is 21.6 Å². The van der Waals surface area contributed by atoms with Gasteiger partial charge in [-0.25, -0.2) is 13.1 Å². The van der Waals surface area contributed by atoms with Crippen LogP contribution in [0.4, 0.5) is 13.2 Å². The Morgan fingerprint density at radius 1 is 1.07 bits per heavy atom. The standard InChI is InChI=1S/C16H14F3N5O2S/c1-11-6-8-12(9-7-11)24-15(21-22-23-24)10-20-27(25,26)14-5-3-2-4-13(14)16(17,18)19/h2-9,20H,10H2,1H3. The minimum atomic E-state index is -4.80. The number of benzene rings is 2. The minimum absolute atomic E-state index is 0.131. The normalized spacial score (nSPS) is 12.3. The van der Waals surface area contributed by atoms with Gasteiger partial charge in [0.25, 0.3) is 0 Å². The van der Waals surface area contributed by atoms with Gasteiger partial charge in [0, 0.05) is 0 Å². The first kappa shape index (κ1) is 19.0. The van der Waals surface area contributed by atoms with E-state index < -0.39 is 26.7 Å². The molecule has 0 saturated carbocycles. The molecule has 0 aliphatic carbocycles. The average molecular weight is 397 g/mol. The molecule has 142 valence electrons. The van der Waals surface area contributed by atoms with Crippen molar-refractivity contribution in [3.63, 3.8) is 0 Å². The quantitative estimate of drug-likeness (QED) is 0.714. The highest BCUT2D eigenvalue weighted by atomic mass is 32.2. The number of hydrogen-bond donors (Lipinski definition) is 1. The van der Waals surface area contributed by atoms with E-state index in [1.165, 1.54) is 10.7 Å². The molecule has 1 N–H and O–H groups in total. The first-order chi connectivity index (χ1) is 12.7. The summed E-state index contributed by atoms with van der Waals surface area (Å²) in [6.07, 6.45) is -4.80. The second kappa shape index (κ2) is 7.08. The Morgan fingerprint density at radius 3 is 2.41 bits per heavy atom. The zero-order valence-corrected chi connectivity index (χ0v) is 14.8. The fourth-order valence-electron chi connectivity index (χ4n) is 2.37. The van der Waals surface area contributed by atoms with E-state index in [1.54, 1.807) is 12.1 Å². The average Bonchev–Trinajstić information content (AvgIpc) is 3.09. The molecule has 7 nitrogen and oxygen atoms in total. The molecule has 3 aromatic rings. The van der Waals surface area contributed by atoms with Gasteiger partial charge in [-0.05, 0) is 41.6 Å². The SMILES string of the molecule is Cc1ccc(-n2nnnc2CNS(=O)(=O)c2ccccc2C(F)(F)F)cc1. The van der Waals surface area contributed by atoms with E-state index in [0.717, 1.165) is 17.7 Å². The van der Waals surface area contributed by atoms with Crippen molar-refractivity contribution in [3.8, 4) is 5.69 Å². The maximum Gasteiger partial charge on any atom is 0.417 e. The Labute approximate surface area is 152 Å². The summed E-state index contributed by atoms with van der Waals surface area (Å²) in [6, 6.07) is 11.1. The summed E-state index contributed by atoms with van der Waals surface area (Å²) in [5.74, 6) is 0.131. The molecule has 0 spiro atoms. The smallest absolute Gasteiger partial charge is 0.207 e. The second-order valence-corrected chi connectivity index (χ2v) is 7.40. The Morgan fingerprint density at radius 2 is 1.74 bits per heavy atom. The molecule has 0 aliphatic heterocycles. The lowest BCUT2D eigenvalue weighted by molar-refractivity contribution is -0.139. The molecule has 0 atom stereocenters. The van der Waals surface area contributed by atoms with E-state index in [-0.39, 0.29) is 12.4 Å². The lowest BCUT2D eigenvalue weighted by atomic mass is 10.2. The third kappa shape index (κ3) is 4.14. The summed E-state index contributed by atoms with van der Waals surface area (Å²) in [5, 5.41) is 11.0. The van der Waals surface area contributed by atoms with Crippen LogP contribution in [0, 0.1) is 6.92 Å². The molecule has 0 aliphatic rings. The Balaban J connectivity index is 1.86. The predicted octanol–water partition coefficient (Wildman–Crippen LogP) is 2.47. The molecule has 27 heavy (non-hydrogen) atoms. The molecule has 1 heterocycles. The van der Waals surface area contributed by atoms with E-state index >= 15 is 0 Å². The monoisotopic (exact) mass is 397 g/mol. The maximum absolute atomic E-state index is 13.1. The lowest BCUT2D eigenvalue weighted by Gasteiger charge is -2.13. The van der Waals surface area contributed by atoms with Crippen LogP contribution in [0.5, 0.6) is 0 Å². The van der Waals surface area contributed by atoms with E-state index in [4.69, 9.17) is 0 Å². The summed E-state index contributed by atoms with van der Waals surface area (Å²) in [6.45, 7) is 1.52.